The van der Waals surface area contributed by atoms with Crippen molar-refractivity contribution in [1.29, 1.82) is 0 Å². The van der Waals surface area contributed by atoms with Gasteiger partial charge in [-0.3, -0.25) is 4.79 Å². The lowest BCUT2D eigenvalue weighted by atomic mass is 9.72. The van der Waals surface area contributed by atoms with Gasteiger partial charge in [-0.25, -0.2) is 4.58 Å². The summed E-state index contributed by atoms with van der Waals surface area (Å²) in [5.41, 5.74) is 1.62. The van der Waals surface area contributed by atoms with Gasteiger partial charge in [-0.05, 0) is 32.6 Å². The molecule has 2 rings (SSSR count). The van der Waals surface area contributed by atoms with Crippen molar-refractivity contribution in [2.75, 3.05) is 19.7 Å². The smallest absolute Gasteiger partial charge is 0.158 e. The quantitative estimate of drug-likeness (QED) is 0.611. The largest absolute Gasteiger partial charge is 0.389 e. The summed E-state index contributed by atoms with van der Waals surface area (Å²) in [6, 6.07) is 0. The lowest BCUT2D eigenvalue weighted by Gasteiger charge is -2.30. The molecule has 1 N–H and O–H groups in total. The first-order chi connectivity index (χ1) is 9.13. The summed E-state index contributed by atoms with van der Waals surface area (Å²) in [4.78, 5) is 11.4. The first-order valence-corrected chi connectivity index (χ1v) is 7.52. The molecule has 1 aliphatic carbocycles. The van der Waals surface area contributed by atoms with E-state index in [4.69, 9.17) is 5.11 Å². The van der Waals surface area contributed by atoms with E-state index in [-0.39, 0.29) is 17.8 Å². The lowest BCUT2D eigenvalue weighted by molar-refractivity contribution is -0.505. The zero-order valence-electron chi connectivity index (χ0n) is 12.0. The minimum absolute atomic E-state index is 0.0273. The second kappa shape index (κ2) is 6.47. The van der Waals surface area contributed by atoms with Crippen LogP contribution < -0.4 is 0 Å². The van der Waals surface area contributed by atoms with Crippen molar-refractivity contribution in [2.45, 2.75) is 51.9 Å². The highest BCUT2D eigenvalue weighted by atomic mass is 16.3. The zero-order chi connectivity index (χ0) is 13.7. The third-order valence-corrected chi connectivity index (χ3v) is 4.55. The number of allylic oxidation sites excluding steroid dienone is 2. The second-order valence-corrected chi connectivity index (χ2v) is 6.19. The van der Waals surface area contributed by atoms with Gasteiger partial charge in [-0.1, -0.05) is 11.6 Å². The van der Waals surface area contributed by atoms with E-state index >= 15 is 0 Å². The van der Waals surface area contributed by atoms with Gasteiger partial charge < -0.3 is 5.11 Å². The highest BCUT2D eigenvalue weighted by Crippen LogP contribution is 2.38. The van der Waals surface area contributed by atoms with Crippen LogP contribution in [0.15, 0.2) is 11.6 Å². The maximum atomic E-state index is 11.4. The van der Waals surface area contributed by atoms with E-state index in [0.717, 1.165) is 25.7 Å². The summed E-state index contributed by atoms with van der Waals surface area (Å²) in [6.45, 7) is 4.21. The molecule has 1 aliphatic heterocycles. The zero-order valence-corrected chi connectivity index (χ0v) is 12.0. The number of aliphatic hydroxyl groups is 1. The number of aliphatic hydroxyl groups excluding tert-OH is 1. The fourth-order valence-corrected chi connectivity index (χ4v) is 3.16. The number of nitrogens with zero attached hydrogens (tertiary/aromatic N) is 1. The molecule has 1 heterocycles. The summed E-state index contributed by atoms with van der Waals surface area (Å²) in [5, 5.41) is 8.89. The lowest BCUT2D eigenvalue weighted by Crippen LogP contribution is -2.30. The number of hydrogen-bond donors (Lipinski definition) is 1. The molecule has 106 valence electrons. The minimum Gasteiger partial charge on any atom is -0.389 e. The summed E-state index contributed by atoms with van der Waals surface area (Å²) in [6.07, 6.45) is 12.0. The van der Waals surface area contributed by atoms with E-state index in [1.165, 1.54) is 31.5 Å². The van der Waals surface area contributed by atoms with Crippen LogP contribution in [-0.4, -0.2) is 41.4 Å². The van der Waals surface area contributed by atoms with Crippen LogP contribution in [0.1, 0.15) is 51.9 Å². The monoisotopic (exact) mass is 264 g/mol. The Labute approximate surface area is 116 Å². The van der Waals surface area contributed by atoms with Crippen molar-refractivity contribution in [3.8, 4) is 0 Å². The molecule has 0 aromatic carbocycles. The molecule has 0 aromatic heterocycles. The molecule has 0 aromatic rings. The van der Waals surface area contributed by atoms with Crippen LogP contribution in [0.5, 0.6) is 0 Å². The third-order valence-electron chi connectivity index (χ3n) is 4.55. The Balaban J connectivity index is 2.08. The molecule has 1 fully saturated rings. The highest BCUT2D eigenvalue weighted by Gasteiger charge is 2.34. The summed E-state index contributed by atoms with van der Waals surface area (Å²) in [5.74, 6) is -0.0273. The van der Waals surface area contributed by atoms with Gasteiger partial charge in [0, 0.05) is 19.3 Å². The third kappa shape index (κ3) is 4.00. The van der Waals surface area contributed by atoms with Gasteiger partial charge in [0.05, 0.1) is 5.41 Å². The Hall–Kier alpha value is -0.960. The SMILES string of the molecule is CC1=CCC(C=[N+]2CCCC2)(CCC(=O)CO)CC1. The summed E-state index contributed by atoms with van der Waals surface area (Å²) < 4.78 is 2.44. The molecule has 1 atom stereocenters. The first-order valence-electron chi connectivity index (χ1n) is 7.52. The van der Waals surface area contributed by atoms with E-state index in [2.05, 4.69) is 23.8 Å². The Kier molecular flexibility index (Phi) is 4.92. The van der Waals surface area contributed by atoms with E-state index in [0.29, 0.717) is 6.42 Å². The number of carbonyl (C=O) groups is 1. The number of ketones is 1. The molecule has 3 heteroatoms. The predicted molar refractivity (Wildman–Crippen MR) is 76.7 cm³/mol. The Morgan fingerprint density at radius 3 is 2.79 bits per heavy atom. The number of rotatable bonds is 5. The van der Waals surface area contributed by atoms with Crippen LogP contribution in [-0.2, 0) is 4.79 Å². The number of Topliss-reactive ketones (excluding diaryl/α,β-unsaturated/α-hetero) is 1. The van der Waals surface area contributed by atoms with Crippen LogP contribution in [0.3, 0.4) is 0 Å². The summed E-state index contributed by atoms with van der Waals surface area (Å²) >= 11 is 0. The van der Waals surface area contributed by atoms with Crippen molar-refractivity contribution in [2.24, 2.45) is 5.41 Å². The van der Waals surface area contributed by atoms with Crippen molar-refractivity contribution >= 4 is 12.0 Å². The predicted octanol–water partition coefficient (Wildman–Crippen LogP) is 2.32. The van der Waals surface area contributed by atoms with Gasteiger partial charge in [-0.2, -0.15) is 0 Å². The topological polar surface area (TPSA) is 40.3 Å². The van der Waals surface area contributed by atoms with Gasteiger partial charge in [0.1, 0.15) is 25.9 Å². The molecule has 3 nitrogen and oxygen atoms in total. The number of hydrogen-bond acceptors (Lipinski definition) is 2. The van der Waals surface area contributed by atoms with Crippen LogP contribution in [0, 0.1) is 5.41 Å². The Morgan fingerprint density at radius 2 is 2.21 bits per heavy atom. The normalized spacial score (nSPS) is 27.3. The molecular formula is C16H26NO2+. The highest BCUT2D eigenvalue weighted by molar-refractivity contribution is 5.80. The fourth-order valence-electron chi connectivity index (χ4n) is 3.16. The summed E-state index contributed by atoms with van der Waals surface area (Å²) in [7, 11) is 0. The van der Waals surface area contributed by atoms with Gasteiger partial charge in [0.15, 0.2) is 5.78 Å². The van der Waals surface area contributed by atoms with Crippen molar-refractivity contribution in [3.05, 3.63) is 11.6 Å². The molecule has 0 amide bonds. The van der Waals surface area contributed by atoms with Crippen molar-refractivity contribution in [3.63, 3.8) is 0 Å². The van der Waals surface area contributed by atoms with E-state index < -0.39 is 0 Å². The van der Waals surface area contributed by atoms with Gasteiger partial charge in [0.2, 0.25) is 0 Å². The molecule has 0 bridgehead atoms. The van der Waals surface area contributed by atoms with Crippen LogP contribution >= 0.6 is 0 Å². The first kappa shape index (κ1) is 14.4. The molecule has 0 saturated carbocycles. The van der Waals surface area contributed by atoms with Crippen LogP contribution in [0.25, 0.3) is 0 Å². The Morgan fingerprint density at radius 1 is 1.47 bits per heavy atom. The standard InChI is InChI=1S/C16H26NO2/c1-14-4-7-16(8-5-14,9-6-15(19)12-18)13-17-10-2-3-11-17/h4,13,18H,2-3,5-12H2,1H3/q+1. The van der Waals surface area contributed by atoms with Crippen molar-refractivity contribution in [1.82, 2.24) is 0 Å². The van der Waals surface area contributed by atoms with Crippen LogP contribution in [0.2, 0.25) is 0 Å². The molecule has 1 saturated heterocycles. The maximum absolute atomic E-state index is 11.4. The second-order valence-electron chi connectivity index (χ2n) is 6.19. The molecule has 0 spiro atoms. The average molecular weight is 264 g/mol. The Bertz CT molecular complexity index is 390. The average Bonchev–Trinajstić information content (AvgIpc) is 2.92. The van der Waals surface area contributed by atoms with Gasteiger partial charge >= 0.3 is 0 Å². The van der Waals surface area contributed by atoms with E-state index in [1.807, 2.05) is 0 Å². The minimum atomic E-state index is -0.311. The number of carbonyl (C=O) groups excluding carboxylic acids is 1. The fraction of sp³-hybridized carbons (Fsp3) is 0.750. The van der Waals surface area contributed by atoms with Gasteiger partial charge in [0.25, 0.3) is 0 Å². The molecular weight excluding hydrogens is 238 g/mol. The van der Waals surface area contributed by atoms with Crippen LogP contribution in [0.4, 0.5) is 0 Å². The van der Waals surface area contributed by atoms with Crippen molar-refractivity contribution < 1.29 is 14.5 Å². The molecule has 19 heavy (non-hydrogen) atoms. The molecule has 2 aliphatic rings. The molecule has 0 radical (unpaired) electrons. The van der Waals surface area contributed by atoms with Gasteiger partial charge in [-0.15, -0.1) is 0 Å². The van der Waals surface area contributed by atoms with E-state index in [1.54, 1.807) is 0 Å². The van der Waals surface area contributed by atoms with E-state index in [9.17, 15) is 4.79 Å². The molecule has 1 unspecified atom stereocenters. The maximum Gasteiger partial charge on any atom is 0.158 e.